The fourth-order valence-corrected chi connectivity index (χ4v) is 1.54. The lowest BCUT2D eigenvalue weighted by atomic mass is 10.3. The zero-order valence-corrected chi connectivity index (χ0v) is 9.37. The van der Waals surface area contributed by atoms with Gasteiger partial charge in [-0.1, -0.05) is 6.07 Å². The molecule has 0 aromatic carbocycles. The molecule has 84 valence electrons. The molecule has 0 aliphatic heterocycles. The molecule has 16 heavy (non-hydrogen) atoms. The van der Waals surface area contributed by atoms with E-state index in [1.54, 1.807) is 6.20 Å². The van der Waals surface area contributed by atoms with Gasteiger partial charge in [0.15, 0.2) is 0 Å². The van der Waals surface area contributed by atoms with Crippen molar-refractivity contribution < 1.29 is 0 Å². The van der Waals surface area contributed by atoms with Crippen LogP contribution in [0.5, 0.6) is 0 Å². The third kappa shape index (κ3) is 3.17. The fraction of sp³-hybridized carbons (Fsp3) is 0.333. The average Bonchev–Trinajstić information content (AvgIpc) is 2.81. The second-order valence-corrected chi connectivity index (χ2v) is 3.83. The van der Waals surface area contributed by atoms with Crippen molar-refractivity contribution in [1.82, 2.24) is 20.1 Å². The van der Waals surface area contributed by atoms with Crippen molar-refractivity contribution in [2.24, 2.45) is 0 Å². The molecular weight excluding hydrogens is 200 g/mol. The van der Waals surface area contributed by atoms with E-state index in [-0.39, 0.29) is 0 Å². The van der Waals surface area contributed by atoms with Crippen LogP contribution in [0.3, 0.4) is 0 Å². The van der Waals surface area contributed by atoms with Crippen molar-refractivity contribution in [3.05, 3.63) is 48.5 Å². The maximum atomic E-state index is 4.26. The molecule has 1 N–H and O–H groups in total. The smallest absolute Gasteiger partial charge is 0.0560 e. The number of nitrogens with zero attached hydrogens (tertiary/aromatic N) is 3. The predicted octanol–water partition coefficient (Wildman–Crippen LogP) is 1.46. The molecule has 4 heteroatoms. The van der Waals surface area contributed by atoms with Gasteiger partial charge in [0.2, 0.25) is 0 Å². The number of hydrogen-bond acceptors (Lipinski definition) is 3. The van der Waals surface area contributed by atoms with Crippen LogP contribution in [0.1, 0.15) is 12.6 Å². The van der Waals surface area contributed by atoms with Crippen LogP contribution in [0.25, 0.3) is 0 Å². The van der Waals surface area contributed by atoms with Gasteiger partial charge in [-0.15, -0.1) is 0 Å². The Balaban J connectivity index is 1.78. The molecule has 2 aromatic rings. The van der Waals surface area contributed by atoms with Gasteiger partial charge in [0.05, 0.1) is 12.2 Å². The lowest BCUT2D eigenvalue weighted by molar-refractivity contribution is 0.448. The molecule has 0 fully saturated rings. The summed E-state index contributed by atoms with van der Waals surface area (Å²) < 4.78 is 1.93. The third-order valence-corrected chi connectivity index (χ3v) is 2.38. The normalized spacial score (nSPS) is 12.6. The van der Waals surface area contributed by atoms with E-state index in [9.17, 15) is 0 Å². The molecule has 1 atom stereocenters. The van der Waals surface area contributed by atoms with Crippen LogP contribution in [0.15, 0.2) is 42.9 Å². The first kappa shape index (κ1) is 10.8. The molecule has 2 aromatic heterocycles. The van der Waals surface area contributed by atoms with Gasteiger partial charge in [-0.25, -0.2) is 0 Å². The monoisotopic (exact) mass is 216 g/mol. The van der Waals surface area contributed by atoms with Crippen molar-refractivity contribution in [3.63, 3.8) is 0 Å². The Morgan fingerprint density at radius 2 is 2.25 bits per heavy atom. The van der Waals surface area contributed by atoms with Gasteiger partial charge in [-0.05, 0) is 25.1 Å². The molecule has 0 saturated carbocycles. The van der Waals surface area contributed by atoms with Crippen LogP contribution in [-0.4, -0.2) is 20.8 Å². The lowest BCUT2D eigenvalue weighted by Gasteiger charge is -2.13. The highest BCUT2D eigenvalue weighted by atomic mass is 15.3. The third-order valence-electron chi connectivity index (χ3n) is 2.38. The molecule has 2 rings (SSSR count). The van der Waals surface area contributed by atoms with Crippen LogP contribution in [0.2, 0.25) is 0 Å². The molecular formula is C12H16N4. The summed E-state index contributed by atoms with van der Waals surface area (Å²) in [7, 11) is 0. The largest absolute Gasteiger partial charge is 0.307 e. The van der Waals surface area contributed by atoms with E-state index in [0.29, 0.717) is 6.04 Å². The molecule has 0 spiro atoms. The summed E-state index contributed by atoms with van der Waals surface area (Å²) in [5, 5.41) is 7.59. The van der Waals surface area contributed by atoms with Crippen LogP contribution < -0.4 is 5.32 Å². The van der Waals surface area contributed by atoms with Crippen LogP contribution in [-0.2, 0) is 13.1 Å². The Hall–Kier alpha value is -1.68. The summed E-state index contributed by atoms with van der Waals surface area (Å²) in [6.07, 6.45) is 5.58. The van der Waals surface area contributed by atoms with Gasteiger partial charge in [-0.3, -0.25) is 9.67 Å². The molecule has 0 unspecified atom stereocenters. The maximum absolute atomic E-state index is 4.26. The van der Waals surface area contributed by atoms with Gasteiger partial charge in [0.1, 0.15) is 0 Å². The molecule has 0 amide bonds. The van der Waals surface area contributed by atoms with E-state index in [0.717, 1.165) is 18.8 Å². The Morgan fingerprint density at radius 3 is 2.94 bits per heavy atom. The highest BCUT2D eigenvalue weighted by Crippen LogP contribution is 1.95. The first-order valence-corrected chi connectivity index (χ1v) is 5.45. The first-order chi connectivity index (χ1) is 7.84. The average molecular weight is 216 g/mol. The Labute approximate surface area is 95.3 Å². The van der Waals surface area contributed by atoms with E-state index in [2.05, 4.69) is 22.3 Å². The number of rotatable bonds is 5. The van der Waals surface area contributed by atoms with E-state index in [4.69, 9.17) is 0 Å². The zero-order valence-electron chi connectivity index (χ0n) is 9.37. The Bertz CT molecular complexity index is 396. The first-order valence-electron chi connectivity index (χ1n) is 5.45. The van der Waals surface area contributed by atoms with Crippen LogP contribution in [0, 0.1) is 0 Å². The molecule has 0 aliphatic rings. The van der Waals surface area contributed by atoms with Crippen molar-refractivity contribution in [1.29, 1.82) is 0 Å². The van der Waals surface area contributed by atoms with E-state index >= 15 is 0 Å². The van der Waals surface area contributed by atoms with Gasteiger partial charge in [0.25, 0.3) is 0 Å². The molecule has 0 aliphatic carbocycles. The highest BCUT2D eigenvalue weighted by molar-refractivity contribution is 5.03. The van der Waals surface area contributed by atoms with Crippen LogP contribution in [0.4, 0.5) is 0 Å². The number of nitrogens with one attached hydrogen (secondary N) is 1. The summed E-state index contributed by atoms with van der Waals surface area (Å²) >= 11 is 0. The van der Waals surface area contributed by atoms with E-state index < -0.39 is 0 Å². The van der Waals surface area contributed by atoms with Crippen molar-refractivity contribution in [2.75, 3.05) is 0 Å². The molecule has 2 heterocycles. The maximum Gasteiger partial charge on any atom is 0.0560 e. The lowest BCUT2D eigenvalue weighted by Crippen LogP contribution is -2.30. The van der Waals surface area contributed by atoms with Gasteiger partial charge >= 0.3 is 0 Å². The second kappa shape index (κ2) is 5.42. The number of hydrogen-bond donors (Lipinski definition) is 1. The topological polar surface area (TPSA) is 42.7 Å². The summed E-state index contributed by atoms with van der Waals surface area (Å²) in [4.78, 5) is 4.26. The number of aromatic nitrogens is 3. The number of pyridine rings is 1. The minimum atomic E-state index is 0.377. The van der Waals surface area contributed by atoms with Crippen LogP contribution >= 0.6 is 0 Å². The van der Waals surface area contributed by atoms with Gasteiger partial charge in [0, 0.05) is 31.2 Å². The fourth-order valence-electron chi connectivity index (χ4n) is 1.54. The minimum Gasteiger partial charge on any atom is -0.307 e. The standard InChI is InChI=1S/C12H16N4/c1-11(10-16-8-4-7-15-16)14-9-12-5-2-3-6-13-12/h2-8,11,14H,9-10H2,1H3/t11-/m1/s1. The molecule has 0 saturated heterocycles. The molecule has 4 nitrogen and oxygen atoms in total. The molecule has 0 bridgehead atoms. The Kier molecular flexibility index (Phi) is 3.66. The predicted molar refractivity (Wildman–Crippen MR) is 62.8 cm³/mol. The molecule has 0 radical (unpaired) electrons. The summed E-state index contributed by atoms with van der Waals surface area (Å²) in [6, 6.07) is 8.26. The highest BCUT2D eigenvalue weighted by Gasteiger charge is 2.02. The van der Waals surface area contributed by atoms with Crippen molar-refractivity contribution in [3.8, 4) is 0 Å². The Morgan fingerprint density at radius 1 is 1.31 bits per heavy atom. The van der Waals surface area contributed by atoms with Crippen molar-refractivity contribution in [2.45, 2.75) is 26.1 Å². The summed E-state index contributed by atoms with van der Waals surface area (Å²) in [6.45, 7) is 3.81. The summed E-state index contributed by atoms with van der Waals surface area (Å²) in [5.41, 5.74) is 1.06. The van der Waals surface area contributed by atoms with Gasteiger partial charge in [-0.2, -0.15) is 5.10 Å². The van der Waals surface area contributed by atoms with Gasteiger partial charge < -0.3 is 5.32 Å². The van der Waals surface area contributed by atoms with E-state index in [1.165, 1.54) is 0 Å². The van der Waals surface area contributed by atoms with Crippen molar-refractivity contribution >= 4 is 0 Å². The second-order valence-electron chi connectivity index (χ2n) is 3.83. The van der Waals surface area contributed by atoms with E-state index in [1.807, 2.05) is 41.3 Å². The summed E-state index contributed by atoms with van der Waals surface area (Å²) in [5.74, 6) is 0. The SMILES string of the molecule is C[C@H](Cn1cccn1)NCc1ccccn1. The quantitative estimate of drug-likeness (QED) is 0.822. The zero-order chi connectivity index (χ0) is 11.2. The minimum absolute atomic E-state index is 0.377.